The van der Waals surface area contributed by atoms with Crippen LogP contribution < -0.4 is 11.5 Å². The molecule has 0 saturated heterocycles. The van der Waals surface area contributed by atoms with Crippen LogP contribution in [0.2, 0.25) is 0 Å². The SMILES string of the molecule is NCCN.[Cu+].n1nc(-c2nn[nH]n2)n[nH]1. The molecule has 0 unspecified atom stereocenters. The molecule has 6 N–H and O–H groups in total. The van der Waals surface area contributed by atoms with E-state index in [1.54, 1.807) is 0 Å². The number of nitrogens with two attached hydrogens (primary N) is 2. The number of hydrogen-bond acceptors (Lipinski definition) is 8. The number of hydrogen-bond donors (Lipinski definition) is 4. The van der Waals surface area contributed by atoms with Crippen molar-refractivity contribution in [2.45, 2.75) is 0 Å². The Hall–Kier alpha value is -1.42. The second-order valence-corrected chi connectivity index (χ2v) is 2.05. The maximum absolute atomic E-state index is 4.90. The summed E-state index contributed by atoms with van der Waals surface area (Å²) in [5.74, 6) is 0.655. The zero-order chi connectivity index (χ0) is 10.2. The average molecular weight is 262 g/mol. The fourth-order valence-corrected chi connectivity index (χ4v) is 0.513. The van der Waals surface area contributed by atoms with Gasteiger partial charge in [0.05, 0.1) is 0 Å². The summed E-state index contributed by atoms with van der Waals surface area (Å²) >= 11 is 0. The van der Waals surface area contributed by atoms with E-state index in [9.17, 15) is 0 Å². The van der Waals surface area contributed by atoms with Crippen molar-refractivity contribution in [3.05, 3.63) is 0 Å². The number of H-pyrrole nitrogens is 2. The van der Waals surface area contributed by atoms with Gasteiger partial charge in [-0.2, -0.15) is 10.4 Å². The molecule has 0 aromatic carbocycles. The van der Waals surface area contributed by atoms with Crippen molar-refractivity contribution in [1.82, 2.24) is 41.2 Å². The summed E-state index contributed by atoms with van der Waals surface area (Å²) in [7, 11) is 0. The van der Waals surface area contributed by atoms with E-state index in [2.05, 4.69) is 41.2 Å². The van der Waals surface area contributed by atoms with Gasteiger partial charge in [0.1, 0.15) is 0 Å². The quantitative estimate of drug-likeness (QED) is 0.424. The number of tetrazole rings is 2. The van der Waals surface area contributed by atoms with Gasteiger partial charge in [0.2, 0.25) is 11.6 Å². The number of aromatic nitrogens is 8. The number of nitrogens with zero attached hydrogens (tertiary/aromatic N) is 6. The summed E-state index contributed by atoms with van der Waals surface area (Å²) < 4.78 is 0. The standard InChI is InChI=1S/C2H2N8.C2H8N2.Cu/c3-1(4-8-7-3)2-5-9-10-6-2;3-1-2-4;/h(H,3,4,7,8)(H,5,6,9,10);1-4H2;/q;;+1. The van der Waals surface area contributed by atoms with Gasteiger partial charge in [-0.3, -0.25) is 0 Å². The van der Waals surface area contributed by atoms with Crippen molar-refractivity contribution in [1.29, 1.82) is 0 Å². The molecule has 0 fully saturated rings. The minimum Gasteiger partial charge on any atom is -0.329 e. The predicted octanol–water partition coefficient (Wildman–Crippen LogP) is -2.72. The molecule has 10 nitrogen and oxygen atoms in total. The molecule has 2 rings (SSSR count). The van der Waals surface area contributed by atoms with Gasteiger partial charge < -0.3 is 11.5 Å². The van der Waals surface area contributed by atoms with Crippen molar-refractivity contribution >= 4 is 0 Å². The van der Waals surface area contributed by atoms with Gasteiger partial charge in [0.15, 0.2) is 0 Å². The van der Waals surface area contributed by atoms with Crippen molar-refractivity contribution in [3.8, 4) is 11.6 Å². The molecule has 2 aromatic heterocycles. The molecule has 0 bridgehead atoms. The molecule has 0 aliphatic rings. The topological polar surface area (TPSA) is 161 Å². The number of rotatable bonds is 2. The smallest absolute Gasteiger partial charge is 0.329 e. The van der Waals surface area contributed by atoms with Gasteiger partial charge in [0.25, 0.3) is 0 Å². The molecule has 0 aliphatic carbocycles. The van der Waals surface area contributed by atoms with Crippen LogP contribution in [0.4, 0.5) is 0 Å². The molecule has 0 saturated carbocycles. The first-order valence-corrected chi connectivity index (χ1v) is 3.76. The molecular weight excluding hydrogens is 252 g/mol. The molecule has 0 spiro atoms. The van der Waals surface area contributed by atoms with Crippen LogP contribution in [0.15, 0.2) is 0 Å². The minimum absolute atomic E-state index is 0. The van der Waals surface area contributed by atoms with Gasteiger partial charge >= 0.3 is 17.1 Å². The molecule has 86 valence electrons. The summed E-state index contributed by atoms with van der Waals surface area (Å²) in [4.78, 5) is 0. The van der Waals surface area contributed by atoms with Crippen LogP contribution in [-0.4, -0.2) is 54.3 Å². The van der Waals surface area contributed by atoms with Crippen LogP contribution in [0.3, 0.4) is 0 Å². The molecule has 11 heteroatoms. The summed E-state index contributed by atoms with van der Waals surface area (Å²) in [5.41, 5.74) is 9.81. The Labute approximate surface area is 95.0 Å². The largest absolute Gasteiger partial charge is 1.00 e. The van der Waals surface area contributed by atoms with Crippen LogP contribution in [-0.2, 0) is 17.1 Å². The van der Waals surface area contributed by atoms with Crippen LogP contribution >= 0.6 is 0 Å². The Morgan fingerprint density at radius 2 is 1.27 bits per heavy atom. The third-order valence-corrected chi connectivity index (χ3v) is 1.06. The van der Waals surface area contributed by atoms with Crippen molar-refractivity contribution < 1.29 is 17.1 Å². The van der Waals surface area contributed by atoms with Crippen LogP contribution in [0.5, 0.6) is 0 Å². The van der Waals surface area contributed by atoms with E-state index in [1.807, 2.05) is 0 Å². The third kappa shape index (κ3) is 4.56. The Morgan fingerprint density at radius 1 is 0.867 bits per heavy atom. The van der Waals surface area contributed by atoms with Crippen LogP contribution in [0, 0.1) is 0 Å². The third-order valence-electron chi connectivity index (χ3n) is 1.06. The minimum atomic E-state index is 0. The van der Waals surface area contributed by atoms with Gasteiger partial charge in [-0.05, 0) is 10.4 Å². The molecule has 0 radical (unpaired) electrons. The van der Waals surface area contributed by atoms with E-state index in [4.69, 9.17) is 11.5 Å². The van der Waals surface area contributed by atoms with Crippen molar-refractivity contribution in [3.63, 3.8) is 0 Å². The molecule has 0 amide bonds. The van der Waals surface area contributed by atoms with Gasteiger partial charge in [0, 0.05) is 13.1 Å². The van der Waals surface area contributed by atoms with E-state index in [-0.39, 0.29) is 17.1 Å². The Balaban J connectivity index is 0.000000346. The molecule has 0 aliphatic heterocycles. The fraction of sp³-hybridized carbons (Fsp3) is 0.500. The van der Waals surface area contributed by atoms with Gasteiger partial charge in [-0.1, -0.05) is 0 Å². The van der Waals surface area contributed by atoms with Crippen LogP contribution in [0.1, 0.15) is 0 Å². The first-order valence-electron chi connectivity index (χ1n) is 3.76. The average Bonchev–Trinajstić information content (AvgIpc) is 2.89. The van der Waals surface area contributed by atoms with E-state index >= 15 is 0 Å². The van der Waals surface area contributed by atoms with E-state index < -0.39 is 0 Å². The zero-order valence-electron chi connectivity index (χ0n) is 7.55. The fourth-order valence-electron chi connectivity index (χ4n) is 0.513. The summed E-state index contributed by atoms with van der Waals surface area (Å²) in [6, 6.07) is 0. The van der Waals surface area contributed by atoms with Crippen molar-refractivity contribution in [2.24, 2.45) is 11.5 Å². The number of nitrogens with one attached hydrogen (secondary N) is 2. The van der Waals surface area contributed by atoms with Crippen LogP contribution in [0.25, 0.3) is 11.6 Å². The van der Waals surface area contributed by atoms with E-state index in [1.165, 1.54) is 0 Å². The first kappa shape index (κ1) is 13.6. The Morgan fingerprint density at radius 3 is 1.47 bits per heavy atom. The maximum Gasteiger partial charge on any atom is 1.00 e. The predicted molar refractivity (Wildman–Crippen MR) is 45.5 cm³/mol. The van der Waals surface area contributed by atoms with E-state index in [0.29, 0.717) is 24.7 Å². The molecule has 0 atom stereocenters. The summed E-state index contributed by atoms with van der Waals surface area (Å²) in [6.45, 7) is 1.19. The zero-order valence-corrected chi connectivity index (χ0v) is 8.50. The summed E-state index contributed by atoms with van der Waals surface area (Å²) in [5, 5.41) is 25.7. The van der Waals surface area contributed by atoms with Gasteiger partial charge in [-0.25, -0.2) is 0 Å². The van der Waals surface area contributed by atoms with Crippen molar-refractivity contribution in [2.75, 3.05) is 13.1 Å². The Kier molecular flexibility index (Phi) is 7.18. The molecule has 15 heavy (non-hydrogen) atoms. The summed E-state index contributed by atoms with van der Waals surface area (Å²) in [6.07, 6.45) is 0. The monoisotopic (exact) mass is 261 g/mol. The van der Waals surface area contributed by atoms with E-state index in [0.717, 1.165) is 0 Å². The second kappa shape index (κ2) is 7.94. The Bertz CT molecular complexity index is 281. The maximum atomic E-state index is 4.90. The molecule has 2 heterocycles. The first-order chi connectivity index (χ1) is 6.88. The normalized spacial score (nSPS) is 8.67. The number of aromatic amines is 2. The van der Waals surface area contributed by atoms with Gasteiger partial charge in [-0.15, -0.1) is 20.4 Å². The second-order valence-electron chi connectivity index (χ2n) is 2.05. The molecular formula is C4H10CuN10+. The molecule has 2 aromatic rings.